The van der Waals surface area contributed by atoms with Crippen LogP contribution in [0, 0.1) is 18.6 Å². The van der Waals surface area contributed by atoms with Crippen molar-refractivity contribution in [2.24, 2.45) is 0 Å². The van der Waals surface area contributed by atoms with Gasteiger partial charge in [0.05, 0.1) is 11.1 Å². The molecular formula is C17H14F2N4O2S. The molecule has 134 valence electrons. The number of aromatic nitrogens is 2. The zero-order chi connectivity index (χ0) is 18.7. The van der Waals surface area contributed by atoms with E-state index in [0.717, 1.165) is 6.20 Å². The molecule has 1 atom stereocenters. The summed E-state index contributed by atoms with van der Waals surface area (Å²) < 4.78 is 47.3. The normalized spacial score (nSPS) is 11.8. The Labute approximate surface area is 150 Å². The highest BCUT2D eigenvalue weighted by atomic mass is 32.2. The lowest BCUT2D eigenvalue weighted by molar-refractivity contribution is 0.564. The van der Waals surface area contributed by atoms with Gasteiger partial charge in [-0.15, -0.1) is 0 Å². The van der Waals surface area contributed by atoms with E-state index in [4.69, 9.17) is 4.55 Å². The fraction of sp³-hybridized carbons (Fsp3) is 0.0588. The number of aryl methyl sites for hydroxylation is 1. The maximum Gasteiger partial charge on any atom is 0.229 e. The van der Waals surface area contributed by atoms with Crippen molar-refractivity contribution >= 4 is 34.2 Å². The van der Waals surface area contributed by atoms with Crippen molar-refractivity contribution in [3.8, 4) is 0 Å². The zero-order valence-corrected chi connectivity index (χ0v) is 14.3. The third kappa shape index (κ3) is 4.19. The minimum atomic E-state index is -2.06. The largest absolute Gasteiger partial charge is 0.338 e. The molecule has 0 amide bonds. The minimum absolute atomic E-state index is 0.0680. The summed E-state index contributed by atoms with van der Waals surface area (Å²) in [6.07, 6.45) is 1.01. The fourth-order valence-corrected chi connectivity index (χ4v) is 2.53. The molecule has 0 aliphatic heterocycles. The predicted molar refractivity (Wildman–Crippen MR) is 95.2 cm³/mol. The lowest BCUT2D eigenvalue weighted by Crippen LogP contribution is -2.03. The standard InChI is InChI=1S/C17H14F2N4O2S/c1-10-8-12(4-7-14(10)18)21-16-15(19)9-20-17(23-16)22-11-2-5-13(6-3-11)26(24)25/h2-9H,1H3,(H,24,25)(H2,20,21,22,23). The summed E-state index contributed by atoms with van der Waals surface area (Å²) in [7, 11) is 0. The first-order valence-electron chi connectivity index (χ1n) is 7.46. The van der Waals surface area contributed by atoms with Gasteiger partial charge in [-0.3, -0.25) is 0 Å². The van der Waals surface area contributed by atoms with Crippen LogP contribution in [0.1, 0.15) is 5.56 Å². The summed E-state index contributed by atoms with van der Waals surface area (Å²) in [5, 5.41) is 5.66. The summed E-state index contributed by atoms with van der Waals surface area (Å²) in [5.74, 6) is -0.955. The molecule has 0 spiro atoms. The second kappa shape index (κ2) is 7.54. The van der Waals surface area contributed by atoms with Crippen LogP contribution in [0.2, 0.25) is 0 Å². The minimum Gasteiger partial charge on any atom is -0.338 e. The summed E-state index contributed by atoms with van der Waals surface area (Å²) in [5.41, 5.74) is 1.47. The average molecular weight is 376 g/mol. The first-order chi connectivity index (χ1) is 12.4. The predicted octanol–water partition coefficient (Wildman–Crippen LogP) is 4.13. The number of hydrogen-bond acceptors (Lipinski definition) is 5. The molecule has 0 aliphatic rings. The summed E-state index contributed by atoms with van der Waals surface area (Å²) >= 11 is -2.06. The Morgan fingerprint density at radius 1 is 1.00 bits per heavy atom. The Bertz CT molecular complexity index is 967. The molecule has 2 aromatic carbocycles. The molecule has 26 heavy (non-hydrogen) atoms. The molecule has 1 aromatic heterocycles. The van der Waals surface area contributed by atoms with Gasteiger partial charge in [0.2, 0.25) is 5.95 Å². The number of hydrogen-bond donors (Lipinski definition) is 3. The second-order valence-electron chi connectivity index (χ2n) is 5.38. The number of halogens is 2. The van der Waals surface area contributed by atoms with Gasteiger partial charge in [-0.2, -0.15) is 4.98 Å². The van der Waals surface area contributed by atoms with Crippen LogP contribution in [0.15, 0.2) is 53.6 Å². The quantitative estimate of drug-likeness (QED) is 0.581. The number of benzene rings is 2. The monoisotopic (exact) mass is 376 g/mol. The van der Waals surface area contributed by atoms with Crippen LogP contribution in [0.3, 0.4) is 0 Å². The van der Waals surface area contributed by atoms with Gasteiger partial charge in [-0.05, 0) is 55.0 Å². The van der Waals surface area contributed by atoms with Crippen LogP contribution < -0.4 is 10.6 Å². The van der Waals surface area contributed by atoms with Crippen molar-refractivity contribution in [1.29, 1.82) is 0 Å². The van der Waals surface area contributed by atoms with Gasteiger partial charge < -0.3 is 15.2 Å². The molecule has 9 heteroatoms. The van der Waals surface area contributed by atoms with Crippen LogP contribution in [0.25, 0.3) is 0 Å². The Morgan fingerprint density at radius 3 is 2.35 bits per heavy atom. The van der Waals surface area contributed by atoms with E-state index < -0.39 is 16.9 Å². The molecule has 0 saturated heterocycles. The van der Waals surface area contributed by atoms with E-state index in [2.05, 4.69) is 20.6 Å². The molecule has 3 N–H and O–H groups in total. The lowest BCUT2D eigenvalue weighted by Gasteiger charge is -2.10. The fourth-order valence-electron chi connectivity index (χ4n) is 2.16. The first kappa shape index (κ1) is 17.9. The topological polar surface area (TPSA) is 87.1 Å². The van der Waals surface area contributed by atoms with E-state index in [1.54, 1.807) is 19.1 Å². The van der Waals surface area contributed by atoms with Gasteiger partial charge in [0.25, 0.3) is 0 Å². The van der Waals surface area contributed by atoms with E-state index in [1.165, 1.54) is 30.3 Å². The third-order valence-corrected chi connectivity index (χ3v) is 4.15. The van der Waals surface area contributed by atoms with Crippen LogP contribution >= 0.6 is 0 Å². The number of rotatable bonds is 5. The van der Waals surface area contributed by atoms with Gasteiger partial charge >= 0.3 is 0 Å². The molecule has 1 unspecified atom stereocenters. The van der Waals surface area contributed by atoms with E-state index in [1.807, 2.05) is 0 Å². The van der Waals surface area contributed by atoms with Crippen LogP contribution in [0.4, 0.5) is 31.9 Å². The van der Waals surface area contributed by atoms with Crippen molar-refractivity contribution in [2.45, 2.75) is 11.8 Å². The van der Waals surface area contributed by atoms with Gasteiger partial charge in [-0.25, -0.2) is 18.0 Å². The Hall–Kier alpha value is -2.91. The molecule has 0 bridgehead atoms. The molecule has 0 radical (unpaired) electrons. The van der Waals surface area contributed by atoms with Gasteiger partial charge in [-0.1, -0.05) is 0 Å². The van der Waals surface area contributed by atoms with Crippen LogP contribution in [0.5, 0.6) is 0 Å². The third-order valence-electron chi connectivity index (χ3n) is 3.48. The summed E-state index contributed by atoms with van der Waals surface area (Å²) in [6, 6.07) is 10.4. The van der Waals surface area contributed by atoms with Gasteiger partial charge in [0.1, 0.15) is 5.82 Å². The molecule has 1 heterocycles. The van der Waals surface area contributed by atoms with E-state index in [-0.39, 0.29) is 22.5 Å². The molecule has 3 aromatic rings. The van der Waals surface area contributed by atoms with Crippen molar-refractivity contribution in [3.05, 3.63) is 65.9 Å². The smallest absolute Gasteiger partial charge is 0.229 e. The highest BCUT2D eigenvalue weighted by Gasteiger charge is 2.09. The summed E-state index contributed by atoms with van der Waals surface area (Å²) in [6.45, 7) is 1.60. The number of anilines is 4. The highest BCUT2D eigenvalue weighted by Crippen LogP contribution is 2.22. The molecule has 0 saturated carbocycles. The number of nitrogens with zero attached hydrogens (tertiary/aromatic N) is 2. The van der Waals surface area contributed by atoms with E-state index >= 15 is 0 Å². The van der Waals surface area contributed by atoms with Crippen LogP contribution in [-0.4, -0.2) is 18.7 Å². The second-order valence-corrected chi connectivity index (χ2v) is 6.35. The molecule has 0 aliphatic carbocycles. The Kier molecular flexibility index (Phi) is 5.19. The van der Waals surface area contributed by atoms with Crippen molar-refractivity contribution in [1.82, 2.24) is 9.97 Å². The van der Waals surface area contributed by atoms with Gasteiger partial charge in [0, 0.05) is 11.4 Å². The maximum atomic E-state index is 14.0. The Morgan fingerprint density at radius 2 is 1.69 bits per heavy atom. The molecule has 3 rings (SSSR count). The Balaban J connectivity index is 1.80. The van der Waals surface area contributed by atoms with Gasteiger partial charge in [0.15, 0.2) is 22.7 Å². The van der Waals surface area contributed by atoms with Crippen molar-refractivity contribution in [3.63, 3.8) is 0 Å². The molecular weight excluding hydrogens is 362 g/mol. The summed E-state index contributed by atoms with van der Waals surface area (Å²) in [4.78, 5) is 8.17. The SMILES string of the molecule is Cc1cc(Nc2nc(Nc3ccc(S(=O)O)cc3)ncc2F)ccc1F. The maximum absolute atomic E-state index is 14.0. The van der Waals surface area contributed by atoms with E-state index in [9.17, 15) is 13.0 Å². The van der Waals surface area contributed by atoms with Crippen molar-refractivity contribution < 1.29 is 17.5 Å². The lowest BCUT2D eigenvalue weighted by atomic mass is 10.2. The van der Waals surface area contributed by atoms with E-state index in [0.29, 0.717) is 16.9 Å². The molecule has 0 fully saturated rings. The first-order valence-corrected chi connectivity index (χ1v) is 8.57. The number of nitrogens with one attached hydrogen (secondary N) is 2. The average Bonchev–Trinajstić information content (AvgIpc) is 2.61. The molecule has 6 nitrogen and oxygen atoms in total. The highest BCUT2D eigenvalue weighted by molar-refractivity contribution is 7.79. The zero-order valence-electron chi connectivity index (χ0n) is 13.5. The van der Waals surface area contributed by atoms with Crippen molar-refractivity contribution in [2.75, 3.05) is 10.6 Å². The van der Waals surface area contributed by atoms with Crippen LogP contribution in [-0.2, 0) is 11.1 Å².